The Hall–Kier alpha value is -1.57. The van der Waals surface area contributed by atoms with Crippen LogP contribution in [0.25, 0.3) is 0 Å². The molecule has 8 atom stereocenters. The minimum Gasteiger partial charge on any atom is -0.475 e. The molecule has 7 heteroatoms. The smallest absolute Gasteiger partial charge is 0.375 e. The monoisotopic (exact) mass is 418 g/mol. The summed E-state index contributed by atoms with van der Waals surface area (Å²) in [7, 11) is 0. The number of hydrogen-bond acceptors (Lipinski definition) is 6. The van der Waals surface area contributed by atoms with Gasteiger partial charge in [-0.1, -0.05) is 19.4 Å². The molecule has 164 valence electrons. The van der Waals surface area contributed by atoms with Crippen molar-refractivity contribution in [3.63, 3.8) is 0 Å². The van der Waals surface area contributed by atoms with Crippen LogP contribution < -0.4 is 0 Å². The zero-order valence-electron chi connectivity index (χ0n) is 17.8. The number of carboxylic acid groups (broad SMARTS) is 1. The zero-order valence-corrected chi connectivity index (χ0v) is 17.8. The predicted octanol–water partition coefficient (Wildman–Crippen LogP) is 2.40. The number of carboxylic acids is 1. The quantitative estimate of drug-likeness (QED) is 0.663. The van der Waals surface area contributed by atoms with Crippen LogP contribution in [0.4, 0.5) is 0 Å². The first-order valence-corrected chi connectivity index (χ1v) is 11.1. The Kier molecular flexibility index (Phi) is 4.08. The molecule has 30 heavy (non-hydrogen) atoms. The molecule has 0 radical (unpaired) electrons. The summed E-state index contributed by atoms with van der Waals surface area (Å²) in [5.74, 6) is -2.41. The number of ketones is 2. The first kappa shape index (κ1) is 20.3. The van der Waals surface area contributed by atoms with E-state index in [2.05, 4.69) is 6.92 Å². The molecule has 2 N–H and O–H groups in total. The van der Waals surface area contributed by atoms with E-state index in [1.807, 2.05) is 6.92 Å². The molecular formula is C23H30O7. The lowest BCUT2D eigenvalue weighted by Crippen LogP contribution is -2.74. The van der Waals surface area contributed by atoms with Crippen molar-refractivity contribution in [1.82, 2.24) is 0 Å². The maximum absolute atomic E-state index is 13.0. The van der Waals surface area contributed by atoms with Crippen molar-refractivity contribution in [2.45, 2.75) is 89.3 Å². The number of rotatable bonds is 2. The van der Waals surface area contributed by atoms with E-state index in [-0.39, 0.29) is 35.9 Å². The van der Waals surface area contributed by atoms with Gasteiger partial charge in [0.25, 0.3) is 5.78 Å². The molecule has 4 aliphatic carbocycles. The third-order valence-electron chi connectivity index (χ3n) is 9.46. The number of ether oxygens (including phenoxy) is 2. The van der Waals surface area contributed by atoms with Crippen molar-refractivity contribution in [2.75, 3.05) is 0 Å². The van der Waals surface area contributed by atoms with E-state index in [4.69, 9.17) is 9.47 Å². The van der Waals surface area contributed by atoms with Crippen molar-refractivity contribution < 1.29 is 34.1 Å². The van der Waals surface area contributed by atoms with Crippen molar-refractivity contribution >= 4 is 17.5 Å². The zero-order chi connectivity index (χ0) is 21.7. The molecule has 5 aliphatic rings. The highest BCUT2D eigenvalue weighted by Crippen LogP contribution is 2.73. The highest BCUT2D eigenvalue weighted by Gasteiger charge is 2.80. The van der Waals surface area contributed by atoms with Gasteiger partial charge in [0.05, 0.1) is 11.7 Å². The fraction of sp³-hybridized carbons (Fsp3) is 0.783. The highest BCUT2D eigenvalue weighted by molar-refractivity contribution is 6.36. The molecule has 0 aromatic carbocycles. The minimum atomic E-state index is -1.50. The van der Waals surface area contributed by atoms with Crippen molar-refractivity contribution in [1.29, 1.82) is 0 Å². The summed E-state index contributed by atoms with van der Waals surface area (Å²) in [6.45, 7) is 5.76. The summed E-state index contributed by atoms with van der Waals surface area (Å²) in [6.07, 6.45) is 4.10. The maximum Gasteiger partial charge on any atom is 0.375 e. The second-order valence-electron chi connectivity index (χ2n) is 10.5. The number of fused-ring (bicyclic) bond motifs is 3. The molecule has 7 nitrogen and oxygen atoms in total. The first-order valence-electron chi connectivity index (χ1n) is 11.1. The lowest BCUT2D eigenvalue weighted by atomic mass is 9.43. The second-order valence-corrected chi connectivity index (χ2v) is 10.5. The third-order valence-corrected chi connectivity index (χ3v) is 9.46. The summed E-state index contributed by atoms with van der Waals surface area (Å²) in [4.78, 5) is 36.8. The Labute approximate surface area is 175 Å². The topological polar surface area (TPSA) is 110 Å². The van der Waals surface area contributed by atoms with Gasteiger partial charge in [-0.2, -0.15) is 0 Å². The number of Topliss-reactive ketones (excluding diaryl/α,β-unsaturated/α-hetero) is 1. The van der Waals surface area contributed by atoms with Crippen LogP contribution in [-0.4, -0.2) is 51.3 Å². The van der Waals surface area contributed by atoms with E-state index in [1.54, 1.807) is 13.0 Å². The van der Waals surface area contributed by atoms with Gasteiger partial charge in [0, 0.05) is 11.8 Å². The van der Waals surface area contributed by atoms with Crippen LogP contribution in [-0.2, 0) is 23.9 Å². The number of aliphatic hydroxyl groups is 1. The predicted molar refractivity (Wildman–Crippen MR) is 104 cm³/mol. The SMILES string of the molecule is CC1O[C@@]2(C(=O)C(=O)O)CC[C@@]3(O1)[C@@H]1CCC4=CC(=O)CC[C@]4(C)[C@H]1[C@@H](O)C[C@]23C. The largest absolute Gasteiger partial charge is 0.475 e. The standard InChI is InChI=1S/C23H30O7/c1-12-29-22-8-9-23(30-12,18(26)19(27)28)21(22,3)11-16(25)17-15(22)5-4-13-10-14(24)6-7-20(13,17)2/h10,12,15-17,25H,4-9,11H2,1-3H3,(H,27,28)/t12?,15-,16+,17-,20+,21+,22-,23-/m1/s1. The van der Waals surface area contributed by atoms with Gasteiger partial charge in [-0.15, -0.1) is 0 Å². The molecule has 3 saturated carbocycles. The average Bonchev–Trinajstić information content (AvgIpc) is 2.80. The Morgan fingerprint density at radius 3 is 2.57 bits per heavy atom. The summed E-state index contributed by atoms with van der Waals surface area (Å²) in [5, 5.41) is 21.0. The number of aliphatic hydroxyl groups excluding tert-OH is 1. The number of hydrogen-bond donors (Lipinski definition) is 2. The minimum absolute atomic E-state index is 0.0311. The number of allylic oxidation sites excluding steroid dienone is 1. The van der Waals surface area contributed by atoms with E-state index >= 15 is 0 Å². The fourth-order valence-electron chi connectivity index (χ4n) is 8.26. The highest BCUT2D eigenvalue weighted by atomic mass is 16.7. The number of aliphatic carboxylic acids is 1. The molecule has 1 heterocycles. The molecule has 1 unspecified atom stereocenters. The van der Waals surface area contributed by atoms with Crippen LogP contribution >= 0.6 is 0 Å². The summed E-state index contributed by atoms with van der Waals surface area (Å²) in [5.41, 5.74) is -2.31. The van der Waals surface area contributed by atoms with Crippen molar-refractivity contribution in [2.24, 2.45) is 22.7 Å². The number of carbonyl (C=O) groups excluding carboxylic acids is 2. The van der Waals surface area contributed by atoms with Gasteiger partial charge < -0.3 is 19.7 Å². The normalized spacial score (nSPS) is 52.0. The lowest BCUT2D eigenvalue weighted by Gasteiger charge is -2.67. The maximum atomic E-state index is 13.0. The van der Waals surface area contributed by atoms with Crippen molar-refractivity contribution in [3.05, 3.63) is 11.6 Å². The molecule has 0 amide bonds. The van der Waals surface area contributed by atoms with E-state index < -0.39 is 40.8 Å². The molecule has 1 aliphatic heterocycles. The third kappa shape index (κ3) is 2.14. The lowest BCUT2D eigenvalue weighted by molar-refractivity contribution is -0.372. The van der Waals surface area contributed by atoms with Gasteiger partial charge in [-0.25, -0.2) is 4.79 Å². The van der Waals surface area contributed by atoms with Crippen LogP contribution in [0.3, 0.4) is 0 Å². The Morgan fingerprint density at radius 1 is 1.13 bits per heavy atom. The molecule has 0 aromatic heterocycles. The molecule has 4 fully saturated rings. The summed E-state index contributed by atoms with van der Waals surface area (Å²) in [6, 6.07) is 0. The van der Waals surface area contributed by atoms with Crippen molar-refractivity contribution in [3.8, 4) is 0 Å². The summed E-state index contributed by atoms with van der Waals surface area (Å²) >= 11 is 0. The Morgan fingerprint density at radius 2 is 1.87 bits per heavy atom. The molecular weight excluding hydrogens is 388 g/mol. The van der Waals surface area contributed by atoms with Crippen LogP contribution in [0.15, 0.2) is 11.6 Å². The van der Waals surface area contributed by atoms with Crippen LogP contribution in [0, 0.1) is 22.7 Å². The fourth-order valence-corrected chi connectivity index (χ4v) is 8.26. The van der Waals surface area contributed by atoms with Crippen LogP contribution in [0.1, 0.15) is 65.7 Å². The van der Waals surface area contributed by atoms with Crippen LogP contribution in [0.2, 0.25) is 0 Å². The molecule has 1 saturated heterocycles. The van der Waals surface area contributed by atoms with E-state index in [0.29, 0.717) is 19.3 Å². The van der Waals surface area contributed by atoms with Gasteiger partial charge in [0.2, 0.25) is 0 Å². The van der Waals surface area contributed by atoms with Gasteiger partial charge in [-0.05, 0) is 68.8 Å². The van der Waals surface area contributed by atoms with Gasteiger partial charge in [0.15, 0.2) is 12.1 Å². The first-order chi connectivity index (χ1) is 14.0. The van der Waals surface area contributed by atoms with Gasteiger partial charge in [0.1, 0.15) is 5.60 Å². The Balaban J connectivity index is 1.65. The Bertz CT molecular complexity index is 879. The molecule has 0 spiro atoms. The second kappa shape index (κ2) is 6.02. The van der Waals surface area contributed by atoms with Crippen LogP contribution in [0.5, 0.6) is 0 Å². The molecule has 0 aromatic rings. The van der Waals surface area contributed by atoms with Gasteiger partial charge >= 0.3 is 5.97 Å². The molecule has 2 bridgehead atoms. The summed E-state index contributed by atoms with van der Waals surface area (Å²) < 4.78 is 12.5. The number of carbonyl (C=O) groups is 3. The molecule has 5 rings (SSSR count). The van der Waals surface area contributed by atoms with E-state index in [0.717, 1.165) is 18.4 Å². The van der Waals surface area contributed by atoms with Gasteiger partial charge in [-0.3, -0.25) is 9.59 Å². The average molecular weight is 418 g/mol. The van der Waals surface area contributed by atoms with E-state index in [9.17, 15) is 24.6 Å². The van der Waals surface area contributed by atoms with E-state index in [1.165, 1.54) is 0 Å².